The number of ketones is 1. The van der Waals surface area contributed by atoms with Gasteiger partial charge in [-0.1, -0.05) is 30.3 Å². The Balaban J connectivity index is 1.88. The van der Waals surface area contributed by atoms with Crippen molar-refractivity contribution in [2.24, 2.45) is 0 Å². The van der Waals surface area contributed by atoms with Gasteiger partial charge in [0, 0.05) is 17.7 Å². The summed E-state index contributed by atoms with van der Waals surface area (Å²) in [6, 6.07) is 11.9. The van der Waals surface area contributed by atoms with E-state index in [2.05, 4.69) is 0 Å². The average Bonchev–Trinajstić information content (AvgIpc) is 2.80. The molecule has 0 aromatic heterocycles. The number of benzene rings is 2. The molecule has 0 bridgehead atoms. The first kappa shape index (κ1) is 15.0. The second-order valence-electron chi connectivity index (χ2n) is 4.82. The number of hydrogen-bond donors (Lipinski definition) is 0. The lowest BCUT2D eigenvalue weighted by atomic mass is 10.1. The van der Waals surface area contributed by atoms with Gasteiger partial charge in [0.2, 0.25) is 0 Å². The lowest BCUT2D eigenvalue weighted by molar-refractivity contribution is -0.385. The van der Waals surface area contributed by atoms with E-state index in [-0.39, 0.29) is 28.5 Å². The highest BCUT2D eigenvalue weighted by molar-refractivity contribution is 7.84. The summed E-state index contributed by atoms with van der Waals surface area (Å²) in [5.74, 6) is -0.924. The minimum absolute atomic E-state index is 0.0602. The number of nitro groups is 1. The Labute approximate surface area is 133 Å². The largest absolute Gasteiger partial charge is 0.292 e. The summed E-state index contributed by atoms with van der Waals surface area (Å²) in [6.07, 6.45) is 0. The molecule has 1 atom stereocenters. The molecule has 0 saturated heterocycles. The van der Waals surface area contributed by atoms with Crippen LogP contribution in [0.15, 0.2) is 53.4 Å². The Morgan fingerprint density at radius 3 is 2.52 bits per heavy atom. The van der Waals surface area contributed by atoms with Crippen LogP contribution in [-0.2, 0) is 11.0 Å². The Morgan fingerprint density at radius 2 is 1.87 bits per heavy atom. The minimum atomic E-state index is -1.93. The Morgan fingerprint density at radius 1 is 1.17 bits per heavy atom. The summed E-state index contributed by atoms with van der Waals surface area (Å²) in [7, 11) is -1.93. The van der Waals surface area contributed by atoms with Gasteiger partial charge in [-0.3, -0.25) is 19.7 Å². The molecule has 116 valence electrons. The van der Waals surface area contributed by atoms with Crippen LogP contribution < -0.4 is 0 Å². The first-order valence-corrected chi connectivity index (χ1v) is 7.70. The van der Waals surface area contributed by atoms with Gasteiger partial charge in [0.1, 0.15) is 0 Å². The standard InChI is InChI=1S/C15H10N2O5S/c18-13(10-4-2-1-3-5-10)9-16-15(19)12-7-6-11(17(20)21)8-14(12)23(16)22/h1-8H,9H2. The summed E-state index contributed by atoms with van der Waals surface area (Å²) < 4.78 is 13.3. The lowest BCUT2D eigenvalue weighted by Gasteiger charge is -2.12. The van der Waals surface area contributed by atoms with Gasteiger partial charge in [0.25, 0.3) is 11.6 Å². The van der Waals surface area contributed by atoms with Crippen LogP contribution in [0.3, 0.4) is 0 Å². The molecule has 0 spiro atoms. The maximum absolute atomic E-state index is 12.4. The summed E-state index contributed by atoms with van der Waals surface area (Å²) in [5, 5.41) is 10.8. The van der Waals surface area contributed by atoms with Gasteiger partial charge in [0.15, 0.2) is 16.8 Å². The molecule has 0 N–H and O–H groups in total. The fourth-order valence-electron chi connectivity index (χ4n) is 2.25. The third-order valence-electron chi connectivity index (χ3n) is 3.40. The normalized spacial score (nSPS) is 16.3. The molecular formula is C15H10N2O5S. The highest BCUT2D eigenvalue weighted by atomic mass is 32.2. The zero-order chi connectivity index (χ0) is 16.6. The smallest absolute Gasteiger partial charge is 0.270 e. The third kappa shape index (κ3) is 2.64. The van der Waals surface area contributed by atoms with Crippen molar-refractivity contribution < 1.29 is 18.7 Å². The number of nitrogens with zero attached hydrogens (tertiary/aromatic N) is 2. The highest BCUT2D eigenvalue weighted by Crippen LogP contribution is 2.30. The number of rotatable bonds is 4. The van der Waals surface area contributed by atoms with Crippen molar-refractivity contribution in [2.45, 2.75) is 4.90 Å². The van der Waals surface area contributed by atoms with Crippen LogP contribution in [0.2, 0.25) is 0 Å². The Hall–Kier alpha value is -2.87. The quantitative estimate of drug-likeness (QED) is 0.485. The van der Waals surface area contributed by atoms with Crippen LogP contribution >= 0.6 is 0 Å². The molecule has 1 unspecified atom stereocenters. The van der Waals surface area contributed by atoms with E-state index in [0.717, 1.165) is 10.4 Å². The molecule has 1 amide bonds. The molecule has 3 rings (SSSR count). The number of fused-ring (bicyclic) bond motifs is 1. The Bertz CT molecular complexity index is 850. The molecule has 0 fully saturated rings. The predicted octanol–water partition coefficient (Wildman–Crippen LogP) is 1.96. The van der Waals surface area contributed by atoms with Gasteiger partial charge in [-0.2, -0.15) is 0 Å². The number of nitro benzene ring substituents is 1. The maximum atomic E-state index is 12.4. The van der Waals surface area contributed by atoms with E-state index in [0.29, 0.717) is 5.56 Å². The molecule has 8 heteroatoms. The van der Waals surface area contributed by atoms with Crippen molar-refractivity contribution in [3.05, 3.63) is 69.8 Å². The molecule has 1 aliphatic heterocycles. The summed E-state index contributed by atoms with van der Waals surface area (Å²) in [5.41, 5.74) is 0.273. The first-order chi connectivity index (χ1) is 11.0. The SMILES string of the molecule is O=C(CN1C(=O)c2ccc([N+](=O)[O-])cc2S1=O)c1ccccc1. The van der Waals surface area contributed by atoms with Crippen molar-refractivity contribution >= 4 is 28.4 Å². The summed E-state index contributed by atoms with van der Waals surface area (Å²) >= 11 is 0. The zero-order valence-electron chi connectivity index (χ0n) is 11.7. The topological polar surface area (TPSA) is 97.6 Å². The maximum Gasteiger partial charge on any atom is 0.270 e. The van der Waals surface area contributed by atoms with Crippen molar-refractivity contribution in [2.75, 3.05) is 6.54 Å². The van der Waals surface area contributed by atoms with Crippen LogP contribution in [-0.4, -0.2) is 31.7 Å². The number of non-ortho nitro benzene ring substituents is 1. The molecule has 1 heterocycles. The van der Waals surface area contributed by atoms with E-state index < -0.39 is 21.8 Å². The first-order valence-electron chi connectivity index (χ1n) is 6.59. The summed E-state index contributed by atoms with van der Waals surface area (Å²) in [6.45, 7) is -0.349. The van der Waals surface area contributed by atoms with E-state index in [9.17, 15) is 23.9 Å². The van der Waals surface area contributed by atoms with Gasteiger partial charge in [-0.05, 0) is 6.07 Å². The molecule has 0 saturated carbocycles. The fourth-order valence-corrected chi connectivity index (χ4v) is 3.54. The number of Topliss-reactive ketones (excluding diaryl/α,β-unsaturated/α-hetero) is 1. The van der Waals surface area contributed by atoms with E-state index in [1.54, 1.807) is 30.3 Å². The molecule has 1 aliphatic rings. The number of carbonyl (C=O) groups is 2. The molecule has 7 nitrogen and oxygen atoms in total. The van der Waals surface area contributed by atoms with Crippen molar-refractivity contribution in [1.82, 2.24) is 4.31 Å². The van der Waals surface area contributed by atoms with Crippen LogP contribution in [0.4, 0.5) is 5.69 Å². The fraction of sp³-hybridized carbons (Fsp3) is 0.0667. The molecule has 0 radical (unpaired) electrons. The minimum Gasteiger partial charge on any atom is -0.292 e. The predicted molar refractivity (Wildman–Crippen MR) is 81.3 cm³/mol. The molecule has 0 aliphatic carbocycles. The number of hydrogen-bond acceptors (Lipinski definition) is 5. The second kappa shape index (κ2) is 5.73. The van der Waals surface area contributed by atoms with E-state index in [4.69, 9.17) is 0 Å². The van der Waals surface area contributed by atoms with Crippen molar-refractivity contribution in [3.63, 3.8) is 0 Å². The molecular weight excluding hydrogens is 320 g/mol. The lowest BCUT2D eigenvalue weighted by Crippen LogP contribution is -2.32. The second-order valence-corrected chi connectivity index (χ2v) is 6.20. The average molecular weight is 330 g/mol. The Kier molecular flexibility index (Phi) is 3.75. The van der Waals surface area contributed by atoms with Gasteiger partial charge >= 0.3 is 0 Å². The van der Waals surface area contributed by atoms with Crippen LogP contribution in [0.5, 0.6) is 0 Å². The van der Waals surface area contributed by atoms with Crippen LogP contribution in [0.25, 0.3) is 0 Å². The van der Waals surface area contributed by atoms with Gasteiger partial charge < -0.3 is 0 Å². The van der Waals surface area contributed by atoms with E-state index in [1.807, 2.05) is 0 Å². The van der Waals surface area contributed by atoms with Crippen molar-refractivity contribution in [1.29, 1.82) is 0 Å². The van der Waals surface area contributed by atoms with Crippen LogP contribution in [0.1, 0.15) is 20.7 Å². The van der Waals surface area contributed by atoms with Gasteiger partial charge in [-0.25, -0.2) is 8.51 Å². The zero-order valence-corrected chi connectivity index (χ0v) is 12.5. The highest BCUT2D eigenvalue weighted by Gasteiger charge is 2.37. The molecule has 23 heavy (non-hydrogen) atoms. The van der Waals surface area contributed by atoms with Crippen molar-refractivity contribution in [3.8, 4) is 0 Å². The van der Waals surface area contributed by atoms with E-state index >= 15 is 0 Å². The molecule has 2 aromatic carbocycles. The van der Waals surface area contributed by atoms with Gasteiger partial charge in [0.05, 0.1) is 21.9 Å². The van der Waals surface area contributed by atoms with Gasteiger partial charge in [-0.15, -0.1) is 0 Å². The molecule has 2 aromatic rings. The number of carbonyl (C=O) groups excluding carboxylic acids is 2. The summed E-state index contributed by atoms with van der Waals surface area (Å²) in [4.78, 5) is 34.7. The third-order valence-corrected chi connectivity index (χ3v) is 4.81. The van der Waals surface area contributed by atoms with E-state index in [1.165, 1.54) is 12.1 Å². The number of amides is 1. The van der Waals surface area contributed by atoms with Crippen LogP contribution in [0, 0.1) is 10.1 Å². The monoisotopic (exact) mass is 330 g/mol.